The number of carbonyl (C=O) groups excluding carboxylic acids is 1. The summed E-state index contributed by atoms with van der Waals surface area (Å²) in [7, 11) is 0. The highest BCUT2D eigenvalue weighted by atomic mass is 16.4. The Kier molecular flexibility index (Phi) is 4.26. The van der Waals surface area contributed by atoms with Crippen molar-refractivity contribution in [3.05, 3.63) is 94.6 Å². The Morgan fingerprint density at radius 2 is 1.85 bits per heavy atom. The third kappa shape index (κ3) is 3.35. The number of benzene rings is 2. The molecule has 0 radical (unpaired) electrons. The van der Waals surface area contributed by atoms with Crippen LogP contribution in [-0.4, -0.2) is 10.9 Å². The van der Waals surface area contributed by atoms with Crippen LogP contribution in [0.3, 0.4) is 0 Å². The van der Waals surface area contributed by atoms with Crippen molar-refractivity contribution in [1.82, 2.24) is 4.98 Å². The number of rotatable bonds is 3. The van der Waals surface area contributed by atoms with Gasteiger partial charge in [-0.2, -0.15) is 0 Å². The van der Waals surface area contributed by atoms with E-state index >= 15 is 0 Å². The number of hydrogen-bond donors (Lipinski definition) is 1. The lowest BCUT2D eigenvalue weighted by molar-refractivity contribution is 0.102. The average Bonchev–Trinajstić information content (AvgIpc) is 2.68. The van der Waals surface area contributed by atoms with Gasteiger partial charge in [0.05, 0.1) is 11.1 Å². The van der Waals surface area contributed by atoms with Gasteiger partial charge >= 0.3 is 5.63 Å². The second kappa shape index (κ2) is 6.88. The molecule has 0 aliphatic heterocycles. The fraction of sp³-hybridized carbons (Fsp3) is 0.0455. The van der Waals surface area contributed by atoms with Gasteiger partial charge in [0.2, 0.25) is 0 Å². The molecule has 4 aromatic rings. The zero-order valence-corrected chi connectivity index (χ0v) is 14.6. The molecule has 5 heteroatoms. The number of fused-ring (bicyclic) bond motifs is 1. The van der Waals surface area contributed by atoms with Gasteiger partial charge in [-0.15, -0.1) is 0 Å². The molecular formula is C22H16N2O3. The first-order chi connectivity index (χ1) is 13.1. The van der Waals surface area contributed by atoms with Gasteiger partial charge in [0.15, 0.2) is 0 Å². The van der Waals surface area contributed by atoms with Gasteiger partial charge in [-0.05, 0) is 54.4 Å². The van der Waals surface area contributed by atoms with Gasteiger partial charge in [0, 0.05) is 23.5 Å². The highest BCUT2D eigenvalue weighted by Gasteiger charge is 2.12. The molecule has 2 aromatic heterocycles. The van der Waals surface area contributed by atoms with Crippen molar-refractivity contribution in [3.63, 3.8) is 0 Å². The molecule has 5 nitrogen and oxygen atoms in total. The summed E-state index contributed by atoms with van der Waals surface area (Å²) in [6.07, 6.45) is 3.13. The molecule has 27 heavy (non-hydrogen) atoms. The van der Waals surface area contributed by atoms with Crippen molar-refractivity contribution >= 4 is 22.6 Å². The van der Waals surface area contributed by atoms with Crippen LogP contribution in [0.4, 0.5) is 5.69 Å². The van der Waals surface area contributed by atoms with Gasteiger partial charge in [-0.25, -0.2) is 4.79 Å². The fourth-order valence-electron chi connectivity index (χ4n) is 2.99. The monoisotopic (exact) mass is 356 g/mol. The van der Waals surface area contributed by atoms with Gasteiger partial charge < -0.3 is 9.73 Å². The molecule has 0 atom stereocenters. The number of nitrogens with zero attached hydrogens (tertiary/aromatic N) is 1. The van der Waals surface area contributed by atoms with Crippen molar-refractivity contribution in [2.24, 2.45) is 0 Å². The second-order valence-electron chi connectivity index (χ2n) is 6.21. The summed E-state index contributed by atoms with van der Waals surface area (Å²) in [5.74, 6) is -0.236. The highest BCUT2D eigenvalue weighted by Crippen LogP contribution is 2.26. The van der Waals surface area contributed by atoms with E-state index in [0.29, 0.717) is 22.4 Å². The predicted molar refractivity (Wildman–Crippen MR) is 105 cm³/mol. The molecule has 0 fully saturated rings. The lowest BCUT2D eigenvalue weighted by atomic mass is 10.0. The first-order valence-electron chi connectivity index (χ1n) is 8.47. The van der Waals surface area contributed by atoms with E-state index in [1.807, 2.05) is 43.3 Å². The van der Waals surface area contributed by atoms with Crippen LogP contribution in [0, 0.1) is 6.92 Å². The molecule has 0 aliphatic carbocycles. The summed E-state index contributed by atoms with van der Waals surface area (Å²) in [5.41, 5.74) is 3.43. The summed E-state index contributed by atoms with van der Waals surface area (Å²) < 4.78 is 5.42. The van der Waals surface area contributed by atoms with E-state index in [1.54, 1.807) is 30.5 Å². The molecule has 132 valence electrons. The van der Waals surface area contributed by atoms with Crippen LogP contribution in [0.1, 0.15) is 15.9 Å². The maximum atomic E-state index is 12.4. The summed E-state index contributed by atoms with van der Waals surface area (Å²) in [6, 6.07) is 18.1. The number of aromatic nitrogens is 1. The Morgan fingerprint density at radius 1 is 1.00 bits per heavy atom. The number of anilines is 1. The Labute approximate surface area is 155 Å². The molecule has 4 rings (SSSR count). The Balaban J connectivity index is 1.67. The SMILES string of the molecule is Cc1cc(NC(=O)c2cccnc2)ccc1-c1cc2ccccc2oc1=O. The van der Waals surface area contributed by atoms with Crippen molar-refractivity contribution in [3.8, 4) is 11.1 Å². The topological polar surface area (TPSA) is 72.2 Å². The lowest BCUT2D eigenvalue weighted by Gasteiger charge is -2.10. The molecular weight excluding hydrogens is 340 g/mol. The van der Waals surface area contributed by atoms with E-state index in [2.05, 4.69) is 10.3 Å². The van der Waals surface area contributed by atoms with Crippen LogP contribution in [0.25, 0.3) is 22.1 Å². The van der Waals surface area contributed by atoms with Crippen LogP contribution in [0.5, 0.6) is 0 Å². The molecule has 2 aromatic carbocycles. The Morgan fingerprint density at radius 3 is 2.63 bits per heavy atom. The smallest absolute Gasteiger partial charge is 0.344 e. The number of hydrogen-bond acceptors (Lipinski definition) is 4. The number of para-hydroxylation sites is 1. The van der Waals surface area contributed by atoms with Gasteiger partial charge in [-0.1, -0.05) is 24.3 Å². The first kappa shape index (κ1) is 16.7. The summed E-state index contributed by atoms with van der Waals surface area (Å²) in [4.78, 5) is 28.6. The number of nitrogens with one attached hydrogen (secondary N) is 1. The van der Waals surface area contributed by atoms with Crippen molar-refractivity contribution in [1.29, 1.82) is 0 Å². The number of pyridine rings is 1. The van der Waals surface area contributed by atoms with Crippen LogP contribution in [-0.2, 0) is 0 Å². The molecule has 0 unspecified atom stereocenters. The molecule has 2 heterocycles. The maximum Gasteiger partial charge on any atom is 0.344 e. The van der Waals surface area contributed by atoms with Crippen LogP contribution in [0.2, 0.25) is 0 Å². The Hall–Kier alpha value is -3.73. The summed E-state index contributed by atoms with van der Waals surface area (Å²) >= 11 is 0. The molecule has 0 spiro atoms. The zero-order valence-electron chi connectivity index (χ0n) is 14.6. The quantitative estimate of drug-likeness (QED) is 0.552. The minimum absolute atomic E-state index is 0.236. The van der Waals surface area contributed by atoms with E-state index in [4.69, 9.17) is 4.42 Å². The first-order valence-corrected chi connectivity index (χ1v) is 8.47. The summed E-state index contributed by atoms with van der Waals surface area (Å²) in [5, 5.41) is 3.70. The summed E-state index contributed by atoms with van der Waals surface area (Å²) in [6.45, 7) is 1.89. The van der Waals surface area contributed by atoms with Crippen LogP contribution >= 0.6 is 0 Å². The van der Waals surface area contributed by atoms with E-state index in [0.717, 1.165) is 16.5 Å². The van der Waals surface area contributed by atoms with Crippen molar-refractivity contribution < 1.29 is 9.21 Å². The molecule has 1 amide bonds. The number of amides is 1. The number of aryl methyl sites for hydroxylation is 1. The minimum atomic E-state index is -0.385. The van der Waals surface area contributed by atoms with Gasteiger partial charge in [0.1, 0.15) is 5.58 Å². The largest absolute Gasteiger partial charge is 0.422 e. The van der Waals surface area contributed by atoms with Crippen molar-refractivity contribution in [2.45, 2.75) is 6.92 Å². The zero-order chi connectivity index (χ0) is 18.8. The molecule has 0 saturated carbocycles. The molecule has 0 saturated heterocycles. The fourth-order valence-corrected chi connectivity index (χ4v) is 2.99. The maximum absolute atomic E-state index is 12.4. The van der Waals surface area contributed by atoms with E-state index in [1.165, 1.54) is 6.20 Å². The van der Waals surface area contributed by atoms with E-state index in [9.17, 15) is 9.59 Å². The molecule has 0 aliphatic rings. The van der Waals surface area contributed by atoms with Crippen LogP contribution < -0.4 is 10.9 Å². The van der Waals surface area contributed by atoms with Crippen LogP contribution in [0.15, 0.2) is 82.3 Å². The normalized spacial score (nSPS) is 10.7. The highest BCUT2D eigenvalue weighted by molar-refractivity contribution is 6.04. The Bertz CT molecular complexity index is 1200. The molecule has 1 N–H and O–H groups in total. The minimum Gasteiger partial charge on any atom is -0.422 e. The average molecular weight is 356 g/mol. The van der Waals surface area contributed by atoms with E-state index < -0.39 is 0 Å². The molecule has 0 bridgehead atoms. The third-order valence-electron chi connectivity index (χ3n) is 4.34. The number of carbonyl (C=O) groups is 1. The standard InChI is InChI=1S/C22H16N2O3/c1-14-11-17(24-21(25)16-6-4-10-23-13-16)8-9-18(14)19-12-15-5-2-3-7-20(15)27-22(19)26/h2-13H,1H3,(H,24,25). The second-order valence-corrected chi connectivity index (χ2v) is 6.21. The van der Waals surface area contributed by atoms with Crippen molar-refractivity contribution in [2.75, 3.05) is 5.32 Å². The van der Waals surface area contributed by atoms with Gasteiger partial charge in [-0.3, -0.25) is 9.78 Å². The lowest BCUT2D eigenvalue weighted by Crippen LogP contribution is -2.12. The van der Waals surface area contributed by atoms with Gasteiger partial charge in [0.25, 0.3) is 5.91 Å². The van der Waals surface area contributed by atoms with E-state index in [-0.39, 0.29) is 11.5 Å². The third-order valence-corrected chi connectivity index (χ3v) is 4.34. The predicted octanol–water partition coefficient (Wildman–Crippen LogP) is 4.42.